The third-order valence-corrected chi connectivity index (χ3v) is 1.67. The van der Waals surface area contributed by atoms with E-state index in [0.29, 0.717) is 5.92 Å². The zero-order valence-corrected chi connectivity index (χ0v) is 10.0. The second-order valence-corrected chi connectivity index (χ2v) is 3.07. The Balaban J connectivity index is 0.000000241. The van der Waals surface area contributed by atoms with Gasteiger partial charge in [0.05, 0.1) is 12.5 Å². The fourth-order valence-electron chi connectivity index (χ4n) is 0.930. The van der Waals surface area contributed by atoms with Crippen LogP contribution < -0.4 is 0 Å². The highest BCUT2D eigenvalue weighted by Gasteiger charge is 1.94. The van der Waals surface area contributed by atoms with Gasteiger partial charge in [-0.2, -0.15) is 0 Å². The predicted octanol–water partition coefficient (Wildman–Crippen LogP) is 4.44. The van der Waals surface area contributed by atoms with E-state index in [1.165, 1.54) is 5.69 Å². The molecule has 0 saturated carbocycles. The molecule has 0 radical (unpaired) electrons. The molecule has 2 rings (SSSR count). The normalized spacial score (nSPS) is 8.60. The van der Waals surface area contributed by atoms with Crippen molar-refractivity contribution in [1.82, 2.24) is 4.98 Å². The van der Waals surface area contributed by atoms with E-state index < -0.39 is 0 Å². The molecule has 2 heterocycles. The van der Waals surface area contributed by atoms with Crippen LogP contribution in [0.1, 0.15) is 39.3 Å². The van der Waals surface area contributed by atoms with Crippen molar-refractivity contribution in [2.45, 2.75) is 33.6 Å². The molecule has 0 fully saturated rings. The molecule has 0 aliphatic carbocycles. The van der Waals surface area contributed by atoms with Crippen LogP contribution in [0.15, 0.2) is 47.4 Å². The number of aromatic nitrogens is 1. The van der Waals surface area contributed by atoms with Crippen LogP contribution in [0, 0.1) is 0 Å². The maximum absolute atomic E-state index is 4.58. The van der Waals surface area contributed by atoms with Crippen LogP contribution in [0.25, 0.3) is 0 Å². The van der Waals surface area contributed by atoms with Crippen LogP contribution in [0.2, 0.25) is 0 Å². The molecule has 15 heavy (non-hydrogen) atoms. The van der Waals surface area contributed by atoms with Gasteiger partial charge in [0.1, 0.15) is 0 Å². The van der Waals surface area contributed by atoms with Crippen LogP contribution in [0.3, 0.4) is 0 Å². The Hall–Kier alpha value is -1.44. The minimum Gasteiger partial charge on any atom is -0.473 e. The van der Waals surface area contributed by atoms with Crippen LogP contribution in [0.5, 0.6) is 0 Å². The summed E-state index contributed by atoms with van der Waals surface area (Å²) in [5.41, 5.74) is 1.31. The summed E-state index contributed by atoms with van der Waals surface area (Å²) in [5.74, 6) is 0.630. The molecule has 1 N–H and O–H groups in total. The first kappa shape index (κ1) is 13.6. The van der Waals surface area contributed by atoms with E-state index in [0.717, 1.165) is 0 Å². The fraction of sp³-hybridized carbons (Fsp3) is 0.385. The van der Waals surface area contributed by atoms with Gasteiger partial charge in [0, 0.05) is 11.9 Å². The zero-order chi connectivity index (χ0) is 11.5. The fourth-order valence-corrected chi connectivity index (χ4v) is 0.930. The van der Waals surface area contributed by atoms with E-state index in [1.807, 2.05) is 38.2 Å². The van der Waals surface area contributed by atoms with E-state index in [2.05, 4.69) is 29.3 Å². The minimum absolute atomic E-state index is 0.630. The first-order chi connectivity index (χ1) is 7.30. The smallest absolute Gasteiger partial charge is 0.0902 e. The topological polar surface area (TPSA) is 28.9 Å². The molecular formula is C13H21NO. The van der Waals surface area contributed by atoms with E-state index >= 15 is 0 Å². The summed E-state index contributed by atoms with van der Waals surface area (Å²) in [6.07, 6.45) is 5.20. The number of furan rings is 1. The van der Waals surface area contributed by atoms with Crippen molar-refractivity contribution in [3.8, 4) is 0 Å². The molecule has 0 saturated heterocycles. The van der Waals surface area contributed by atoms with Gasteiger partial charge in [-0.3, -0.25) is 0 Å². The van der Waals surface area contributed by atoms with Crippen LogP contribution in [-0.4, -0.2) is 4.98 Å². The Morgan fingerprint density at radius 1 is 1.07 bits per heavy atom. The molecule has 2 aromatic rings. The van der Waals surface area contributed by atoms with Gasteiger partial charge in [-0.15, -0.1) is 0 Å². The number of rotatable bonds is 1. The first-order valence-corrected chi connectivity index (χ1v) is 5.41. The Morgan fingerprint density at radius 3 is 1.87 bits per heavy atom. The van der Waals surface area contributed by atoms with Gasteiger partial charge < -0.3 is 9.40 Å². The molecule has 0 atom stereocenters. The number of hydrogen-bond acceptors (Lipinski definition) is 1. The summed E-state index contributed by atoms with van der Waals surface area (Å²) >= 11 is 0. The van der Waals surface area contributed by atoms with E-state index in [-0.39, 0.29) is 0 Å². The molecule has 0 aliphatic rings. The number of aromatic amines is 1. The predicted molar refractivity (Wildman–Crippen MR) is 64.9 cm³/mol. The first-order valence-electron chi connectivity index (χ1n) is 5.41. The Morgan fingerprint density at radius 2 is 1.67 bits per heavy atom. The molecule has 0 aromatic carbocycles. The summed E-state index contributed by atoms with van der Waals surface area (Å²) in [7, 11) is 0. The molecule has 84 valence electrons. The van der Waals surface area contributed by atoms with Crippen LogP contribution >= 0.6 is 0 Å². The molecule has 0 amide bonds. The van der Waals surface area contributed by atoms with Crippen molar-refractivity contribution in [3.63, 3.8) is 0 Å². The highest BCUT2D eigenvalue weighted by atomic mass is 16.3. The quantitative estimate of drug-likeness (QED) is 0.735. The van der Waals surface area contributed by atoms with Gasteiger partial charge >= 0.3 is 0 Å². The highest BCUT2D eigenvalue weighted by molar-refractivity contribution is 5.07. The van der Waals surface area contributed by atoms with Crippen molar-refractivity contribution in [2.24, 2.45) is 0 Å². The van der Waals surface area contributed by atoms with Crippen LogP contribution in [-0.2, 0) is 0 Å². The molecule has 0 spiro atoms. The largest absolute Gasteiger partial charge is 0.473 e. The average Bonchev–Trinajstić information content (AvgIpc) is 2.97. The lowest BCUT2D eigenvalue weighted by Gasteiger charge is -1.97. The van der Waals surface area contributed by atoms with Crippen molar-refractivity contribution >= 4 is 0 Å². The summed E-state index contributed by atoms with van der Waals surface area (Å²) in [6, 6.07) is 7.79. The number of hydrogen-bond donors (Lipinski definition) is 1. The monoisotopic (exact) mass is 207 g/mol. The lowest BCUT2D eigenvalue weighted by atomic mass is 10.1. The molecule has 2 heteroatoms. The average molecular weight is 207 g/mol. The highest BCUT2D eigenvalue weighted by Crippen LogP contribution is 2.09. The third-order valence-electron chi connectivity index (χ3n) is 1.67. The van der Waals surface area contributed by atoms with Crippen molar-refractivity contribution < 1.29 is 4.42 Å². The van der Waals surface area contributed by atoms with Crippen molar-refractivity contribution in [1.29, 1.82) is 0 Å². The van der Waals surface area contributed by atoms with Gasteiger partial charge in [0.15, 0.2) is 0 Å². The zero-order valence-electron chi connectivity index (χ0n) is 10.0. The number of nitrogens with one attached hydrogen (secondary N) is 1. The van der Waals surface area contributed by atoms with Gasteiger partial charge in [0.2, 0.25) is 0 Å². The van der Waals surface area contributed by atoms with Crippen molar-refractivity contribution in [3.05, 3.63) is 48.7 Å². The molecule has 2 nitrogen and oxygen atoms in total. The summed E-state index contributed by atoms with van der Waals surface area (Å²) in [6.45, 7) is 8.34. The van der Waals surface area contributed by atoms with E-state index in [1.54, 1.807) is 12.5 Å². The van der Waals surface area contributed by atoms with E-state index in [9.17, 15) is 0 Å². The second-order valence-electron chi connectivity index (χ2n) is 3.07. The maximum Gasteiger partial charge on any atom is 0.0902 e. The van der Waals surface area contributed by atoms with Gasteiger partial charge in [-0.25, -0.2) is 0 Å². The standard InChI is InChI=1S/C7H11N.C4H4O.C2H6/c1-6(2)7-4-3-5-8-7;1-2-4-5-3-1;1-2/h3-6,8H,1-2H3;1-4H;1-2H3. The van der Waals surface area contributed by atoms with Gasteiger partial charge in [0.25, 0.3) is 0 Å². The lowest BCUT2D eigenvalue weighted by Crippen LogP contribution is -1.83. The molecular weight excluding hydrogens is 186 g/mol. The van der Waals surface area contributed by atoms with Gasteiger partial charge in [-0.1, -0.05) is 27.7 Å². The summed E-state index contributed by atoms with van der Waals surface area (Å²) in [5, 5.41) is 0. The molecule has 2 aromatic heterocycles. The number of H-pyrrole nitrogens is 1. The van der Waals surface area contributed by atoms with E-state index in [4.69, 9.17) is 0 Å². The Kier molecular flexibility index (Phi) is 8.25. The summed E-state index contributed by atoms with van der Waals surface area (Å²) in [4.78, 5) is 3.14. The minimum atomic E-state index is 0.630. The van der Waals surface area contributed by atoms with Crippen molar-refractivity contribution in [2.75, 3.05) is 0 Å². The Labute approximate surface area is 92.3 Å². The Bertz CT molecular complexity index is 265. The lowest BCUT2D eigenvalue weighted by molar-refractivity contribution is 0.567. The maximum atomic E-state index is 4.58. The molecule has 0 bridgehead atoms. The SMILES string of the molecule is CC.CC(C)c1ccc[nH]1.c1ccoc1. The second kappa shape index (κ2) is 9.13. The molecule has 0 aliphatic heterocycles. The molecule has 0 unspecified atom stereocenters. The summed E-state index contributed by atoms with van der Waals surface area (Å²) < 4.78 is 4.58. The third kappa shape index (κ3) is 6.61. The van der Waals surface area contributed by atoms with Crippen LogP contribution in [0.4, 0.5) is 0 Å². The van der Waals surface area contributed by atoms with Gasteiger partial charge in [-0.05, 0) is 30.2 Å².